The molecular weight excluding hydrogens is 232 g/mol. The lowest BCUT2D eigenvalue weighted by Crippen LogP contribution is -2.16. The molecule has 0 N–H and O–H groups in total. The van der Waals surface area contributed by atoms with Gasteiger partial charge in [-0.2, -0.15) is 0 Å². The van der Waals surface area contributed by atoms with Gasteiger partial charge in [-0.3, -0.25) is 0 Å². The molecule has 0 amide bonds. The zero-order valence-corrected chi connectivity index (χ0v) is 13.4. The third-order valence-corrected chi connectivity index (χ3v) is 4.36. The van der Waals surface area contributed by atoms with E-state index in [0.29, 0.717) is 0 Å². The van der Waals surface area contributed by atoms with Gasteiger partial charge in [-0.15, -0.1) is 0 Å². The van der Waals surface area contributed by atoms with Crippen LogP contribution in [0.5, 0.6) is 0 Å². The molecule has 1 rings (SSSR count). The van der Waals surface area contributed by atoms with Crippen LogP contribution in [0.2, 0.25) is 0 Å². The van der Waals surface area contributed by atoms with Crippen LogP contribution in [0.4, 0.5) is 0 Å². The minimum Gasteiger partial charge on any atom is -0.499 e. The lowest BCUT2D eigenvalue weighted by Gasteiger charge is -2.29. The first-order valence-electron chi connectivity index (χ1n) is 8.61. The second-order valence-electron chi connectivity index (χ2n) is 6.11. The molecule has 19 heavy (non-hydrogen) atoms. The number of unbranched alkanes of at least 4 members (excludes halogenated alkanes) is 2. The maximum absolute atomic E-state index is 5.78. The molecular formula is C18H34O. The van der Waals surface area contributed by atoms with Crippen molar-refractivity contribution < 1.29 is 4.74 Å². The number of ether oxygens (including phenoxy) is 1. The van der Waals surface area contributed by atoms with E-state index >= 15 is 0 Å². The Bertz CT molecular complexity index is 244. The van der Waals surface area contributed by atoms with Crippen molar-refractivity contribution in [1.29, 1.82) is 0 Å². The summed E-state index contributed by atoms with van der Waals surface area (Å²) in [6, 6.07) is 0. The van der Waals surface area contributed by atoms with E-state index in [4.69, 9.17) is 4.74 Å². The van der Waals surface area contributed by atoms with Crippen LogP contribution in [0.1, 0.15) is 85.0 Å². The van der Waals surface area contributed by atoms with E-state index in [9.17, 15) is 0 Å². The lowest BCUT2D eigenvalue weighted by molar-refractivity contribution is 0.178. The van der Waals surface area contributed by atoms with E-state index in [-0.39, 0.29) is 0 Å². The molecule has 0 radical (unpaired) electrons. The summed E-state index contributed by atoms with van der Waals surface area (Å²) in [5.41, 5.74) is 0. The smallest absolute Gasteiger partial charge is 0.0922 e. The standard InChI is InChI=1S/C18H34O/c1-4-7-8-11-16-12-9-13-17(14-16)15-18(10-5-2)19-6-3/h10,16-17H,4-9,11-15H2,1-3H3/b18-10+. The highest BCUT2D eigenvalue weighted by Gasteiger charge is 2.22. The van der Waals surface area contributed by atoms with Crippen molar-refractivity contribution in [3.8, 4) is 0 Å². The monoisotopic (exact) mass is 266 g/mol. The fraction of sp³-hybridized carbons (Fsp3) is 0.889. The fourth-order valence-corrected chi connectivity index (χ4v) is 3.43. The minimum absolute atomic E-state index is 0.818. The Kier molecular flexibility index (Phi) is 9.03. The normalized spacial score (nSPS) is 24.5. The summed E-state index contributed by atoms with van der Waals surface area (Å²) in [5.74, 6) is 3.13. The molecule has 0 heterocycles. The average Bonchev–Trinajstić information content (AvgIpc) is 2.40. The summed E-state index contributed by atoms with van der Waals surface area (Å²) in [6.45, 7) is 7.41. The Morgan fingerprint density at radius 1 is 1.11 bits per heavy atom. The zero-order chi connectivity index (χ0) is 13.9. The molecule has 1 nitrogen and oxygen atoms in total. The van der Waals surface area contributed by atoms with Gasteiger partial charge in [0.1, 0.15) is 0 Å². The average molecular weight is 266 g/mol. The van der Waals surface area contributed by atoms with Gasteiger partial charge in [-0.1, -0.05) is 52.4 Å². The van der Waals surface area contributed by atoms with Gasteiger partial charge >= 0.3 is 0 Å². The molecule has 2 atom stereocenters. The Morgan fingerprint density at radius 2 is 1.89 bits per heavy atom. The van der Waals surface area contributed by atoms with E-state index in [1.807, 2.05) is 0 Å². The van der Waals surface area contributed by atoms with Crippen molar-refractivity contribution in [1.82, 2.24) is 0 Å². The van der Waals surface area contributed by atoms with Crippen molar-refractivity contribution in [2.75, 3.05) is 6.61 Å². The second-order valence-corrected chi connectivity index (χ2v) is 6.11. The van der Waals surface area contributed by atoms with Crippen molar-refractivity contribution in [2.24, 2.45) is 11.8 Å². The quantitative estimate of drug-likeness (QED) is 0.362. The van der Waals surface area contributed by atoms with Crippen LogP contribution >= 0.6 is 0 Å². The molecule has 0 bridgehead atoms. The second kappa shape index (κ2) is 10.3. The predicted octanol–water partition coefficient (Wildman–Crippen LogP) is 6.09. The molecule has 1 fully saturated rings. The Balaban J connectivity index is 2.34. The van der Waals surface area contributed by atoms with Crippen LogP contribution in [0.15, 0.2) is 11.8 Å². The maximum Gasteiger partial charge on any atom is 0.0922 e. The SMILES string of the molecule is CC/C=C(\CC1CCCC(CCCCC)C1)OCC. The summed E-state index contributed by atoms with van der Waals surface area (Å²) in [6.07, 6.45) is 16.0. The van der Waals surface area contributed by atoms with Gasteiger partial charge in [0, 0.05) is 6.42 Å². The Labute approximate surface area is 120 Å². The minimum atomic E-state index is 0.818. The first-order chi connectivity index (χ1) is 9.30. The van der Waals surface area contributed by atoms with Crippen LogP contribution in [-0.4, -0.2) is 6.61 Å². The molecule has 0 aromatic carbocycles. The maximum atomic E-state index is 5.78. The topological polar surface area (TPSA) is 9.23 Å². The highest BCUT2D eigenvalue weighted by atomic mass is 16.5. The Morgan fingerprint density at radius 3 is 2.58 bits per heavy atom. The van der Waals surface area contributed by atoms with Gasteiger partial charge in [0.05, 0.1) is 12.4 Å². The molecule has 112 valence electrons. The van der Waals surface area contributed by atoms with Gasteiger partial charge in [0.2, 0.25) is 0 Å². The van der Waals surface area contributed by atoms with Gasteiger partial charge < -0.3 is 4.74 Å². The van der Waals surface area contributed by atoms with E-state index in [2.05, 4.69) is 26.8 Å². The van der Waals surface area contributed by atoms with Crippen molar-refractivity contribution in [3.63, 3.8) is 0 Å². The third-order valence-electron chi connectivity index (χ3n) is 4.36. The summed E-state index contributed by atoms with van der Waals surface area (Å²) >= 11 is 0. The molecule has 1 heteroatoms. The van der Waals surface area contributed by atoms with Gasteiger partial charge in [-0.25, -0.2) is 0 Å². The number of hydrogen-bond acceptors (Lipinski definition) is 1. The van der Waals surface area contributed by atoms with Crippen molar-refractivity contribution in [2.45, 2.75) is 85.0 Å². The summed E-state index contributed by atoms with van der Waals surface area (Å²) < 4.78 is 5.78. The molecule has 2 unspecified atom stereocenters. The molecule has 0 aromatic heterocycles. The van der Waals surface area contributed by atoms with Gasteiger partial charge in [0.15, 0.2) is 0 Å². The van der Waals surface area contributed by atoms with Crippen molar-refractivity contribution in [3.05, 3.63) is 11.8 Å². The molecule has 0 aromatic rings. The predicted molar refractivity (Wildman–Crippen MR) is 84.2 cm³/mol. The highest BCUT2D eigenvalue weighted by Crippen LogP contribution is 2.35. The van der Waals surface area contributed by atoms with Crippen LogP contribution in [0, 0.1) is 11.8 Å². The van der Waals surface area contributed by atoms with Crippen LogP contribution < -0.4 is 0 Å². The highest BCUT2D eigenvalue weighted by molar-refractivity contribution is 4.95. The molecule has 1 saturated carbocycles. The summed E-state index contributed by atoms with van der Waals surface area (Å²) in [7, 11) is 0. The van der Waals surface area contributed by atoms with Crippen molar-refractivity contribution >= 4 is 0 Å². The summed E-state index contributed by atoms with van der Waals surface area (Å²) in [5, 5.41) is 0. The lowest BCUT2D eigenvalue weighted by atomic mass is 9.77. The molecule has 0 saturated heterocycles. The van der Waals surface area contributed by atoms with Crippen LogP contribution in [0.25, 0.3) is 0 Å². The number of hydrogen-bond donors (Lipinski definition) is 0. The molecule has 1 aliphatic carbocycles. The largest absolute Gasteiger partial charge is 0.499 e. The number of rotatable bonds is 9. The third kappa shape index (κ3) is 7.03. The summed E-state index contributed by atoms with van der Waals surface area (Å²) in [4.78, 5) is 0. The molecule has 0 aliphatic heterocycles. The Hall–Kier alpha value is -0.460. The fourth-order valence-electron chi connectivity index (χ4n) is 3.43. The van der Waals surface area contributed by atoms with Crippen LogP contribution in [-0.2, 0) is 4.74 Å². The van der Waals surface area contributed by atoms with E-state index in [1.54, 1.807) is 0 Å². The van der Waals surface area contributed by atoms with E-state index in [1.165, 1.54) is 63.5 Å². The van der Waals surface area contributed by atoms with Gasteiger partial charge in [-0.05, 0) is 44.1 Å². The molecule has 1 aliphatic rings. The first kappa shape index (κ1) is 16.6. The van der Waals surface area contributed by atoms with Gasteiger partial charge in [0.25, 0.3) is 0 Å². The first-order valence-corrected chi connectivity index (χ1v) is 8.61. The van der Waals surface area contributed by atoms with E-state index in [0.717, 1.165) is 24.9 Å². The zero-order valence-electron chi connectivity index (χ0n) is 13.4. The van der Waals surface area contributed by atoms with Crippen LogP contribution in [0.3, 0.4) is 0 Å². The number of allylic oxidation sites excluding steroid dienone is 2. The van der Waals surface area contributed by atoms with E-state index < -0.39 is 0 Å². The molecule has 0 spiro atoms.